The van der Waals surface area contributed by atoms with Crippen LogP contribution >= 0.6 is 0 Å². The SMILES string of the molecule is CCOC(=O)C1=CN(C(=O)c2ccc(C(C)(C)C)cc2)CCc2c1[nH]c1ccccc21. The molecule has 0 aliphatic carbocycles. The van der Waals surface area contributed by atoms with Crippen LogP contribution in [0.4, 0.5) is 0 Å². The Morgan fingerprint density at radius 3 is 2.45 bits per heavy atom. The van der Waals surface area contributed by atoms with Gasteiger partial charge in [0.25, 0.3) is 5.91 Å². The van der Waals surface area contributed by atoms with E-state index in [-0.39, 0.29) is 17.9 Å². The van der Waals surface area contributed by atoms with E-state index in [1.54, 1.807) is 18.0 Å². The molecule has 3 aromatic rings. The average molecular weight is 417 g/mol. The topological polar surface area (TPSA) is 62.4 Å². The molecule has 1 amide bonds. The second kappa shape index (κ2) is 8.06. The largest absolute Gasteiger partial charge is 0.462 e. The van der Waals surface area contributed by atoms with E-state index in [0.717, 1.165) is 22.2 Å². The van der Waals surface area contributed by atoms with Crippen molar-refractivity contribution in [3.05, 3.63) is 77.1 Å². The maximum absolute atomic E-state index is 13.3. The van der Waals surface area contributed by atoms with Gasteiger partial charge < -0.3 is 14.6 Å². The van der Waals surface area contributed by atoms with E-state index < -0.39 is 5.97 Å². The molecular weight excluding hydrogens is 388 g/mol. The van der Waals surface area contributed by atoms with Crippen molar-refractivity contribution in [1.29, 1.82) is 0 Å². The van der Waals surface area contributed by atoms with E-state index in [1.807, 2.05) is 48.5 Å². The van der Waals surface area contributed by atoms with Gasteiger partial charge in [-0.25, -0.2) is 4.79 Å². The van der Waals surface area contributed by atoms with E-state index in [1.165, 1.54) is 5.56 Å². The van der Waals surface area contributed by atoms with Crippen molar-refractivity contribution in [2.45, 2.75) is 39.5 Å². The van der Waals surface area contributed by atoms with Gasteiger partial charge in [0.1, 0.15) is 0 Å². The number of nitrogens with zero attached hydrogens (tertiary/aromatic N) is 1. The molecule has 0 spiro atoms. The van der Waals surface area contributed by atoms with Crippen molar-refractivity contribution in [1.82, 2.24) is 9.88 Å². The molecule has 0 atom stereocenters. The number of para-hydroxylation sites is 1. The Balaban J connectivity index is 1.73. The summed E-state index contributed by atoms with van der Waals surface area (Å²) in [5.74, 6) is -0.560. The summed E-state index contributed by atoms with van der Waals surface area (Å²) in [5, 5.41) is 1.07. The highest BCUT2D eigenvalue weighted by atomic mass is 16.5. The summed E-state index contributed by atoms with van der Waals surface area (Å²) in [6.45, 7) is 8.97. The van der Waals surface area contributed by atoms with E-state index in [2.05, 4.69) is 25.8 Å². The monoisotopic (exact) mass is 416 g/mol. The lowest BCUT2D eigenvalue weighted by molar-refractivity contribution is -0.136. The third-order valence-corrected chi connectivity index (χ3v) is 5.72. The van der Waals surface area contributed by atoms with Crippen molar-refractivity contribution in [2.75, 3.05) is 13.2 Å². The third-order valence-electron chi connectivity index (χ3n) is 5.72. The first-order valence-electron chi connectivity index (χ1n) is 10.7. The van der Waals surface area contributed by atoms with Gasteiger partial charge in [0.15, 0.2) is 0 Å². The van der Waals surface area contributed by atoms with E-state index in [0.29, 0.717) is 24.1 Å². The van der Waals surface area contributed by atoms with Gasteiger partial charge in [-0.15, -0.1) is 0 Å². The van der Waals surface area contributed by atoms with E-state index >= 15 is 0 Å². The van der Waals surface area contributed by atoms with Crippen LogP contribution in [0, 0.1) is 0 Å². The summed E-state index contributed by atoms with van der Waals surface area (Å²) in [7, 11) is 0. The Hall–Kier alpha value is -3.34. The fourth-order valence-corrected chi connectivity index (χ4v) is 4.01. The molecule has 31 heavy (non-hydrogen) atoms. The number of hydrogen-bond donors (Lipinski definition) is 1. The molecule has 1 aliphatic rings. The number of nitrogens with one attached hydrogen (secondary N) is 1. The van der Waals surface area contributed by atoms with Gasteiger partial charge in [-0.3, -0.25) is 4.79 Å². The minimum Gasteiger partial charge on any atom is -0.462 e. The zero-order chi connectivity index (χ0) is 22.2. The molecule has 1 aliphatic heterocycles. The average Bonchev–Trinajstić information content (AvgIpc) is 3.00. The number of fused-ring (bicyclic) bond motifs is 3. The first-order chi connectivity index (χ1) is 14.8. The molecule has 2 aromatic carbocycles. The van der Waals surface area contributed by atoms with Crippen LogP contribution in [0.15, 0.2) is 54.7 Å². The Bertz CT molecular complexity index is 1160. The van der Waals surface area contributed by atoms with Crippen LogP contribution in [-0.4, -0.2) is 34.9 Å². The van der Waals surface area contributed by atoms with Gasteiger partial charge in [-0.2, -0.15) is 0 Å². The van der Waals surface area contributed by atoms with Gasteiger partial charge in [0.05, 0.1) is 17.9 Å². The quantitative estimate of drug-likeness (QED) is 0.607. The molecule has 1 N–H and O–H groups in total. The molecular formula is C26H28N2O3. The molecule has 0 radical (unpaired) electrons. The highest BCUT2D eigenvalue weighted by molar-refractivity contribution is 6.18. The molecule has 0 unspecified atom stereocenters. The number of ether oxygens (including phenoxy) is 1. The molecule has 0 bridgehead atoms. The summed E-state index contributed by atoms with van der Waals surface area (Å²) >= 11 is 0. The minimum atomic E-state index is -0.432. The van der Waals surface area contributed by atoms with E-state index in [4.69, 9.17) is 4.74 Å². The second-order valence-corrected chi connectivity index (χ2v) is 8.86. The Kier molecular flexibility index (Phi) is 5.44. The summed E-state index contributed by atoms with van der Waals surface area (Å²) in [6.07, 6.45) is 2.28. The van der Waals surface area contributed by atoms with Crippen LogP contribution < -0.4 is 0 Å². The lowest BCUT2D eigenvalue weighted by atomic mass is 9.86. The number of esters is 1. The minimum absolute atomic E-state index is 0.0188. The van der Waals surface area contributed by atoms with Gasteiger partial charge in [-0.1, -0.05) is 51.1 Å². The first kappa shape index (κ1) is 20.9. The van der Waals surface area contributed by atoms with Gasteiger partial charge >= 0.3 is 5.97 Å². The highest BCUT2D eigenvalue weighted by Gasteiger charge is 2.27. The number of aromatic nitrogens is 1. The predicted octanol–water partition coefficient (Wildman–Crippen LogP) is 5.07. The maximum Gasteiger partial charge on any atom is 0.341 e. The molecule has 4 rings (SSSR count). The third kappa shape index (κ3) is 4.00. The molecule has 0 saturated carbocycles. The number of amides is 1. The number of carbonyl (C=O) groups excluding carboxylic acids is 2. The molecule has 0 saturated heterocycles. The summed E-state index contributed by atoms with van der Waals surface area (Å²) in [4.78, 5) is 31.1. The fourth-order valence-electron chi connectivity index (χ4n) is 4.01. The molecule has 0 fully saturated rings. The molecule has 1 aromatic heterocycles. The number of rotatable bonds is 3. The highest BCUT2D eigenvalue weighted by Crippen LogP contribution is 2.32. The normalized spacial score (nSPS) is 14.1. The van der Waals surface area contributed by atoms with Gasteiger partial charge in [0.2, 0.25) is 0 Å². The number of carbonyl (C=O) groups is 2. The van der Waals surface area contributed by atoms with Crippen molar-refractivity contribution in [3.63, 3.8) is 0 Å². The van der Waals surface area contributed by atoms with Crippen LogP contribution in [0.5, 0.6) is 0 Å². The van der Waals surface area contributed by atoms with Crippen molar-refractivity contribution < 1.29 is 14.3 Å². The molecule has 160 valence electrons. The van der Waals surface area contributed by atoms with Crippen molar-refractivity contribution in [2.24, 2.45) is 0 Å². The van der Waals surface area contributed by atoms with Gasteiger partial charge in [0, 0.05) is 29.2 Å². The van der Waals surface area contributed by atoms with Crippen LogP contribution in [0.3, 0.4) is 0 Å². The maximum atomic E-state index is 13.3. The Labute approximate surface area is 182 Å². The van der Waals surface area contributed by atoms with Crippen molar-refractivity contribution >= 4 is 28.4 Å². The van der Waals surface area contributed by atoms with E-state index in [9.17, 15) is 9.59 Å². The standard InChI is InChI=1S/C26H28N2O3/c1-5-31-25(30)21-16-28(24(29)17-10-12-18(13-11-17)26(2,3)4)15-14-20-19-8-6-7-9-22(19)27-23(20)21/h6-13,16,27H,5,14-15H2,1-4H3. The molecule has 2 heterocycles. The van der Waals surface area contributed by atoms with Gasteiger partial charge in [-0.05, 0) is 48.1 Å². The zero-order valence-electron chi connectivity index (χ0n) is 18.5. The molecule has 5 nitrogen and oxygen atoms in total. The molecule has 5 heteroatoms. The summed E-state index contributed by atoms with van der Waals surface area (Å²) in [5.41, 5.74) is 4.91. The lowest BCUT2D eigenvalue weighted by Gasteiger charge is -2.21. The zero-order valence-corrected chi connectivity index (χ0v) is 18.5. The predicted molar refractivity (Wildman–Crippen MR) is 123 cm³/mol. The van der Waals surface area contributed by atoms with Crippen LogP contribution in [-0.2, 0) is 21.4 Å². The number of hydrogen-bond acceptors (Lipinski definition) is 3. The number of H-pyrrole nitrogens is 1. The smallest absolute Gasteiger partial charge is 0.341 e. The lowest BCUT2D eigenvalue weighted by Crippen LogP contribution is -2.28. The Morgan fingerprint density at radius 1 is 1.06 bits per heavy atom. The second-order valence-electron chi connectivity index (χ2n) is 8.86. The van der Waals surface area contributed by atoms with Crippen LogP contribution in [0.2, 0.25) is 0 Å². The number of aromatic amines is 1. The summed E-state index contributed by atoms with van der Waals surface area (Å²) in [6, 6.07) is 15.7. The summed E-state index contributed by atoms with van der Waals surface area (Å²) < 4.78 is 5.31. The van der Waals surface area contributed by atoms with Crippen molar-refractivity contribution in [3.8, 4) is 0 Å². The first-order valence-corrected chi connectivity index (χ1v) is 10.7. The fraction of sp³-hybridized carbons (Fsp3) is 0.308. The van der Waals surface area contributed by atoms with Crippen LogP contribution in [0.1, 0.15) is 54.9 Å². The number of benzene rings is 2. The van der Waals surface area contributed by atoms with Crippen LogP contribution in [0.25, 0.3) is 16.5 Å². The Morgan fingerprint density at radius 2 is 1.77 bits per heavy atom.